The summed E-state index contributed by atoms with van der Waals surface area (Å²) in [6.45, 7) is 4.39. The van der Waals surface area contributed by atoms with Gasteiger partial charge in [0.15, 0.2) is 0 Å². The van der Waals surface area contributed by atoms with Crippen LogP contribution in [0.4, 0.5) is 11.4 Å². The fraction of sp³-hybridized carbons (Fsp3) is 0.0769. The summed E-state index contributed by atoms with van der Waals surface area (Å²) in [5, 5.41) is 7.88. The summed E-state index contributed by atoms with van der Waals surface area (Å²) in [7, 11) is 2.21. The highest BCUT2D eigenvalue weighted by Gasteiger charge is 2.24. The summed E-state index contributed by atoms with van der Waals surface area (Å²) < 4.78 is 0. The fourth-order valence-corrected chi connectivity index (χ4v) is 6.85. The van der Waals surface area contributed by atoms with Gasteiger partial charge in [0.2, 0.25) is 0 Å². The number of aryl methyl sites for hydroxylation is 2. The van der Waals surface area contributed by atoms with Crippen molar-refractivity contribution in [2.24, 2.45) is 0 Å². The average molecular weight is 512 g/mol. The molecule has 0 bridgehead atoms. The maximum absolute atomic E-state index is 2.38. The van der Waals surface area contributed by atoms with Crippen LogP contribution in [0.15, 0.2) is 121 Å². The van der Waals surface area contributed by atoms with Crippen LogP contribution in [0.3, 0.4) is 0 Å². The SMILES string of the molecule is Cc1ccc(-c2ccc3c(c2)N(C)c2cccc4c(-c5ccc(C)c6ccccc56)ccc-3c24)c2ccccc12. The molecule has 0 aliphatic carbocycles. The molecule has 0 fully saturated rings. The third-order valence-electron chi connectivity index (χ3n) is 8.91. The summed E-state index contributed by atoms with van der Waals surface area (Å²) in [4.78, 5) is 2.38. The minimum atomic E-state index is 1.25. The first-order chi connectivity index (χ1) is 19.6. The second kappa shape index (κ2) is 8.56. The van der Waals surface area contributed by atoms with Crippen LogP contribution in [-0.2, 0) is 0 Å². The Morgan fingerprint density at radius 1 is 0.400 bits per heavy atom. The smallest absolute Gasteiger partial charge is 0.0494 e. The first-order valence-electron chi connectivity index (χ1n) is 14.0. The summed E-state index contributed by atoms with van der Waals surface area (Å²) in [5.41, 5.74) is 12.8. The molecule has 40 heavy (non-hydrogen) atoms. The van der Waals surface area contributed by atoms with E-state index in [0.717, 1.165) is 0 Å². The van der Waals surface area contributed by atoms with Crippen LogP contribution >= 0.6 is 0 Å². The van der Waals surface area contributed by atoms with Crippen LogP contribution in [0.25, 0.3) is 65.7 Å². The molecule has 1 aliphatic heterocycles. The van der Waals surface area contributed by atoms with Crippen molar-refractivity contribution >= 4 is 43.7 Å². The Morgan fingerprint density at radius 2 is 0.925 bits per heavy atom. The minimum absolute atomic E-state index is 1.25. The van der Waals surface area contributed by atoms with Crippen LogP contribution in [-0.4, -0.2) is 7.05 Å². The number of anilines is 2. The molecule has 0 radical (unpaired) electrons. The van der Waals surface area contributed by atoms with Gasteiger partial charge in [0.05, 0.1) is 0 Å². The van der Waals surface area contributed by atoms with Gasteiger partial charge in [0.1, 0.15) is 0 Å². The number of hydrogen-bond acceptors (Lipinski definition) is 1. The van der Waals surface area contributed by atoms with E-state index in [1.807, 2.05) is 0 Å². The number of benzene rings is 7. The molecule has 1 heteroatoms. The monoisotopic (exact) mass is 511 g/mol. The third kappa shape index (κ3) is 3.21. The second-order valence-corrected chi connectivity index (χ2v) is 11.1. The van der Waals surface area contributed by atoms with Gasteiger partial charge in [-0.25, -0.2) is 0 Å². The molecule has 1 aliphatic rings. The van der Waals surface area contributed by atoms with Gasteiger partial charge in [-0.1, -0.05) is 109 Å². The predicted octanol–water partition coefficient (Wildman–Crippen LogP) is 10.8. The fourth-order valence-electron chi connectivity index (χ4n) is 6.85. The highest BCUT2D eigenvalue weighted by molar-refractivity contribution is 6.18. The first kappa shape index (κ1) is 23.0. The van der Waals surface area contributed by atoms with Crippen molar-refractivity contribution in [3.05, 3.63) is 132 Å². The van der Waals surface area contributed by atoms with Gasteiger partial charge >= 0.3 is 0 Å². The summed E-state index contributed by atoms with van der Waals surface area (Å²) >= 11 is 0. The maximum atomic E-state index is 2.38. The van der Waals surface area contributed by atoms with Crippen LogP contribution in [0, 0.1) is 13.8 Å². The second-order valence-electron chi connectivity index (χ2n) is 11.1. The van der Waals surface area contributed by atoms with Gasteiger partial charge in [0.25, 0.3) is 0 Å². The van der Waals surface area contributed by atoms with E-state index in [9.17, 15) is 0 Å². The molecule has 7 aromatic rings. The van der Waals surface area contributed by atoms with Gasteiger partial charge in [-0.15, -0.1) is 0 Å². The Kier molecular flexibility index (Phi) is 4.93. The normalized spacial score (nSPS) is 12.3. The lowest BCUT2D eigenvalue weighted by Crippen LogP contribution is -2.15. The van der Waals surface area contributed by atoms with E-state index in [2.05, 4.69) is 147 Å². The van der Waals surface area contributed by atoms with Gasteiger partial charge in [-0.3, -0.25) is 0 Å². The Labute approximate surface area is 234 Å². The van der Waals surface area contributed by atoms with Crippen molar-refractivity contribution < 1.29 is 0 Å². The number of hydrogen-bond donors (Lipinski definition) is 0. The van der Waals surface area contributed by atoms with Crippen LogP contribution in [0.2, 0.25) is 0 Å². The van der Waals surface area contributed by atoms with E-state index < -0.39 is 0 Å². The largest absolute Gasteiger partial charge is 0.344 e. The average Bonchev–Trinajstić information content (AvgIpc) is 3.00. The zero-order valence-corrected chi connectivity index (χ0v) is 23.0. The lowest BCUT2D eigenvalue weighted by atomic mass is 9.85. The van der Waals surface area contributed by atoms with Crippen molar-refractivity contribution in [1.29, 1.82) is 0 Å². The lowest BCUT2D eigenvalue weighted by molar-refractivity contribution is 1.21. The molecule has 0 N–H and O–H groups in total. The number of fused-ring (bicyclic) bond motifs is 4. The molecule has 0 saturated carbocycles. The van der Waals surface area contributed by atoms with Crippen LogP contribution in [0.1, 0.15) is 11.1 Å². The zero-order valence-electron chi connectivity index (χ0n) is 23.0. The lowest BCUT2D eigenvalue weighted by Gasteiger charge is -2.31. The van der Waals surface area contributed by atoms with Gasteiger partial charge in [0, 0.05) is 29.4 Å². The molecule has 8 rings (SSSR count). The van der Waals surface area contributed by atoms with E-state index in [0.29, 0.717) is 0 Å². The van der Waals surface area contributed by atoms with E-state index >= 15 is 0 Å². The zero-order chi connectivity index (χ0) is 27.0. The number of rotatable bonds is 2. The summed E-state index contributed by atoms with van der Waals surface area (Å²) in [6.07, 6.45) is 0. The Balaban J connectivity index is 1.35. The third-order valence-corrected chi connectivity index (χ3v) is 8.91. The highest BCUT2D eigenvalue weighted by atomic mass is 15.1. The molecular weight excluding hydrogens is 482 g/mol. The van der Waals surface area contributed by atoms with Crippen molar-refractivity contribution in [2.45, 2.75) is 13.8 Å². The Morgan fingerprint density at radius 3 is 1.65 bits per heavy atom. The summed E-state index contributed by atoms with van der Waals surface area (Å²) in [6, 6.07) is 45.0. The van der Waals surface area contributed by atoms with E-state index in [-0.39, 0.29) is 0 Å². The van der Waals surface area contributed by atoms with E-state index in [1.165, 1.54) is 88.2 Å². The molecule has 7 aromatic carbocycles. The molecule has 190 valence electrons. The van der Waals surface area contributed by atoms with Gasteiger partial charge in [-0.2, -0.15) is 0 Å². The van der Waals surface area contributed by atoms with E-state index in [1.54, 1.807) is 0 Å². The van der Waals surface area contributed by atoms with Crippen molar-refractivity contribution in [2.75, 3.05) is 11.9 Å². The van der Waals surface area contributed by atoms with Crippen molar-refractivity contribution in [1.82, 2.24) is 0 Å². The minimum Gasteiger partial charge on any atom is -0.344 e. The molecule has 0 spiro atoms. The topological polar surface area (TPSA) is 3.24 Å². The quantitative estimate of drug-likeness (QED) is 0.223. The Hall–Kier alpha value is -4.88. The van der Waals surface area contributed by atoms with Crippen LogP contribution < -0.4 is 4.90 Å². The molecule has 0 atom stereocenters. The van der Waals surface area contributed by atoms with E-state index in [4.69, 9.17) is 0 Å². The van der Waals surface area contributed by atoms with Gasteiger partial charge in [-0.05, 0) is 91.9 Å². The van der Waals surface area contributed by atoms with Crippen molar-refractivity contribution in [3.63, 3.8) is 0 Å². The number of nitrogens with zero attached hydrogens (tertiary/aromatic N) is 1. The maximum Gasteiger partial charge on any atom is 0.0494 e. The van der Waals surface area contributed by atoms with Crippen LogP contribution in [0.5, 0.6) is 0 Å². The molecule has 0 unspecified atom stereocenters. The Bertz CT molecular complexity index is 2150. The van der Waals surface area contributed by atoms with Gasteiger partial charge < -0.3 is 4.90 Å². The molecule has 0 amide bonds. The summed E-state index contributed by atoms with van der Waals surface area (Å²) in [5.74, 6) is 0. The first-order valence-corrected chi connectivity index (χ1v) is 14.0. The molecule has 0 aromatic heterocycles. The standard InChI is InChI=1S/C39H29N/c1-24-15-18-29(30-11-6-4-9-27(24)30)26-17-20-34-36-22-21-33(32-19-16-25(2)28-10-5-7-12-31(28)32)35-13-8-14-37(39(35)36)40(3)38(34)23-26/h4-23H,1-3H3. The molecule has 1 nitrogen and oxygen atoms in total. The molecule has 1 heterocycles. The highest BCUT2D eigenvalue weighted by Crippen LogP contribution is 2.50. The molecular formula is C39H29N. The van der Waals surface area contributed by atoms with Crippen molar-refractivity contribution in [3.8, 4) is 33.4 Å². The predicted molar refractivity (Wildman–Crippen MR) is 173 cm³/mol. The molecule has 0 saturated heterocycles.